The normalized spacial score (nSPS) is 11.3. The molecule has 0 saturated heterocycles. The van der Waals surface area contributed by atoms with Crippen LogP contribution >= 0.6 is 35.4 Å². The largest absolute Gasteiger partial charge is 0.250 e. The molecule has 1 aromatic heterocycles. The van der Waals surface area contributed by atoms with Crippen LogP contribution in [0.2, 0.25) is 10.0 Å². The highest BCUT2D eigenvalue weighted by molar-refractivity contribution is 7.71. The number of aromatic nitrogens is 3. The van der Waals surface area contributed by atoms with Gasteiger partial charge in [-0.3, -0.25) is 5.10 Å². The molecular formula is C11H10Cl2N4S. The van der Waals surface area contributed by atoms with Crippen LogP contribution in [0.15, 0.2) is 23.3 Å². The number of hydrogen-bond donors (Lipinski definition) is 1. The number of H-pyrrole nitrogens is 1. The van der Waals surface area contributed by atoms with Crippen molar-refractivity contribution in [3.05, 3.63) is 44.4 Å². The van der Waals surface area contributed by atoms with Gasteiger partial charge in [-0.25, -0.2) is 0 Å². The standard InChI is InChI=1S/C11H10Cl2N4S/c1-2-10-15-16-11(18)17(10)14-6-7-3-4-8(12)9(13)5-7/h3-6H,2H2,1H3,(H,16,18)/b14-6-. The highest BCUT2D eigenvalue weighted by Gasteiger charge is 2.02. The van der Waals surface area contributed by atoms with E-state index in [1.165, 1.54) is 0 Å². The molecule has 0 bridgehead atoms. The van der Waals surface area contributed by atoms with E-state index in [0.717, 1.165) is 17.8 Å². The van der Waals surface area contributed by atoms with Gasteiger partial charge in [-0.2, -0.15) is 14.9 Å². The number of nitrogens with zero attached hydrogens (tertiary/aromatic N) is 3. The Hall–Kier alpha value is -1.17. The van der Waals surface area contributed by atoms with Crippen LogP contribution in [0.4, 0.5) is 0 Å². The van der Waals surface area contributed by atoms with Gasteiger partial charge in [0.1, 0.15) is 0 Å². The van der Waals surface area contributed by atoms with Gasteiger partial charge < -0.3 is 0 Å². The molecule has 0 unspecified atom stereocenters. The molecule has 0 aliphatic carbocycles. The average Bonchev–Trinajstić information content (AvgIpc) is 2.71. The molecule has 0 fully saturated rings. The van der Waals surface area contributed by atoms with Gasteiger partial charge in [-0.15, -0.1) is 0 Å². The number of halogens is 2. The molecule has 1 aromatic carbocycles. The summed E-state index contributed by atoms with van der Waals surface area (Å²) >= 11 is 16.8. The molecule has 4 nitrogen and oxygen atoms in total. The fraction of sp³-hybridized carbons (Fsp3) is 0.182. The number of rotatable bonds is 3. The van der Waals surface area contributed by atoms with Gasteiger partial charge in [0.25, 0.3) is 0 Å². The number of aryl methyl sites for hydroxylation is 1. The van der Waals surface area contributed by atoms with Crippen molar-refractivity contribution in [2.45, 2.75) is 13.3 Å². The van der Waals surface area contributed by atoms with Gasteiger partial charge in [0.05, 0.1) is 16.3 Å². The van der Waals surface area contributed by atoms with E-state index < -0.39 is 0 Å². The Morgan fingerprint density at radius 3 is 2.89 bits per heavy atom. The summed E-state index contributed by atoms with van der Waals surface area (Å²) < 4.78 is 2.04. The molecule has 0 aliphatic heterocycles. The monoisotopic (exact) mass is 300 g/mol. The van der Waals surface area contributed by atoms with Crippen molar-refractivity contribution in [2.75, 3.05) is 0 Å². The molecule has 0 atom stereocenters. The molecule has 7 heteroatoms. The first-order valence-electron chi connectivity index (χ1n) is 5.27. The Kier molecular flexibility index (Phi) is 4.16. The first kappa shape index (κ1) is 13.3. The van der Waals surface area contributed by atoms with Crippen LogP contribution in [-0.2, 0) is 6.42 Å². The molecule has 18 heavy (non-hydrogen) atoms. The Bertz CT molecular complexity index is 645. The van der Waals surface area contributed by atoms with E-state index in [1.54, 1.807) is 23.0 Å². The highest BCUT2D eigenvalue weighted by Crippen LogP contribution is 2.21. The molecule has 0 amide bonds. The smallest absolute Gasteiger partial charge is 0.216 e. The summed E-state index contributed by atoms with van der Waals surface area (Å²) in [5.74, 6) is 0.774. The number of hydrogen-bond acceptors (Lipinski definition) is 3. The van der Waals surface area contributed by atoms with Crippen molar-refractivity contribution in [2.24, 2.45) is 5.10 Å². The molecule has 94 valence electrons. The summed E-state index contributed by atoms with van der Waals surface area (Å²) in [6.45, 7) is 1.98. The number of aromatic amines is 1. The lowest BCUT2D eigenvalue weighted by molar-refractivity contribution is 0.780. The summed E-state index contributed by atoms with van der Waals surface area (Å²) in [4.78, 5) is 0. The van der Waals surface area contributed by atoms with Crippen LogP contribution in [0, 0.1) is 4.77 Å². The molecule has 0 aliphatic rings. The Morgan fingerprint density at radius 1 is 1.44 bits per heavy atom. The molecule has 2 aromatic rings. The second-order valence-electron chi connectivity index (χ2n) is 3.53. The summed E-state index contributed by atoms with van der Waals surface area (Å²) in [6.07, 6.45) is 2.40. The van der Waals surface area contributed by atoms with Crippen molar-refractivity contribution in [3.8, 4) is 0 Å². The zero-order valence-corrected chi connectivity index (χ0v) is 11.9. The van der Waals surface area contributed by atoms with E-state index in [9.17, 15) is 0 Å². The summed E-state index contributed by atoms with van der Waals surface area (Å²) in [7, 11) is 0. The zero-order valence-electron chi connectivity index (χ0n) is 9.52. The minimum atomic E-state index is 0.461. The molecule has 0 spiro atoms. The van der Waals surface area contributed by atoms with Gasteiger partial charge >= 0.3 is 0 Å². The van der Waals surface area contributed by atoms with Gasteiger partial charge in [0.15, 0.2) is 5.82 Å². The second-order valence-corrected chi connectivity index (χ2v) is 4.73. The lowest BCUT2D eigenvalue weighted by Crippen LogP contribution is -1.97. The molecule has 0 saturated carbocycles. The number of benzene rings is 1. The van der Waals surface area contributed by atoms with Gasteiger partial charge in [0.2, 0.25) is 4.77 Å². The molecule has 1 N–H and O–H groups in total. The lowest BCUT2D eigenvalue weighted by atomic mass is 10.2. The summed E-state index contributed by atoms with van der Waals surface area (Å²) in [5.41, 5.74) is 0.842. The minimum absolute atomic E-state index is 0.461. The quantitative estimate of drug-likeness (QED) is 0.694. The van der Waals surface area contributed by atoms with E-state index in [2.05, 4.69) is 15.3 Å². The SMILES string of the molecule is CCc1n[nH]c(=S)n1/N=C\c1ccc(Cl)c(Cl)c1. The minimum Gasteiger partial charge on any atom is -0.250 e. The second kappa shape index (κ2) is 5.65. The fourth-order valence-corrected chi connectivity index (χ4v) is 1.89. The number of nitrogens with one attached hydrogen (secondary N) is 1. The third kappa shape index (κ3) is 2.80. The third-order valence-corrected chi connectivity index (χ3v) is 3.30. The maximum absolute atomic E-state index is 5.92. The van der Waals surface area contributed by atoms with Crippen LogP contribution < -0.4 is 0 Å². The first-order chi connectivity index (χ1) is 8.61. The third-order valence-electron chi connectivity index (χ3n) is 2.30. The first-order valence-corrected chi connectivity index (χ1v) is 6.44. The Morgan fingerprint density at radius 2 is 2.22 bits per heavy atom. The van der Waals surface area contributed by atoms with Crippen LogP contribution in [-0.4, -0.2) is 21.1 Å². The van der Waals surface area contributed by atoms with Crippen molar-refractivity contribution < 1.29 is 0 Å². The summed E-state index contributed by atoms with van der Waals surface area (Å²) in [5, 5.41) is 12.0. The predicted octanol–water partition coefficient (Wildman–Crippen LogP) is 3.69. The van der Waals surface area contributed by atoms with Crippen LogP contribution in [0.3, 0.4) is 0 Å². The van der Waals surface area contributed by atoms with Gasteiger partial charge in [-0.1, -0.05) is 36.2 Å². The molecule has 1 heterocycles. The molecular weight excluding hydrogens is 291 g/mol. The van der Waals surface area contributed by atoms with E-state index in [4.69, 9.17) is 35.4 Å². The molecule has 2 rings (SSSR count). The van der Waals surface area contributed by atoms with Crippen LogP contribution in [0.25, 0.3) is 0 Å². The van der Waals surface area contributed by atoms with Crippen molar-refractivity contribution >= 4 is 41.6 Å². The zero-order chi connectivity index (χ0) is 13.1. The van der Waals surface area contributed by atoms with E-state index in [0.29, 0.717) is 14.8 Å². The van der Waals surface area contributed by atoms with Crippen molar-refractivity contribution in [1.82, 2.24) is 14.9 Å². The topological polar surface area (TPSA) is 46.0 Å². The van der Waals surface area contributed by atoms with Crippen molar-refractivity contribution in [1.29, 1.82) is 0 Å². The van der Waals surface area contributed by atoms with Gasteiger partial charge in [-0.05, 0) is 29.9 Å². The maximum atomic E-state index is 5.92. The predicted molar refractivity (Wildman–Crippen MR) is 76.2 cm³/mol. The fourth-order valence-electron chi connectivity index (χ4n) is 1.39. The average molecular weight is 301 g/mol. The van der Waals surface area contributed by atoms with Crippen molar-refractivity contribution in [3.63, 3.8) is 0 Å². The Labute approximate surface area is 119 Å². The van der Waals surface area contributed by atoms with E-state index in [1.807, 2.05) is 13.0 Å². The maximum Gasteiger partial charge on any atom is 0.216 e. The van der Waals surface area contributed by atoms with E-state index in [-0.39, 0.29) is 0 Å². The van der Waals surface area contributed by atoms with Crippen LogP contribution in [0.5, 0.6) is 0 Å². The molecule has 0 radical (unpaired) electrons. The summed E-state index contributed by atoms with van der Waals surface area (Å²) in [6, 6.07) is 5.29. The highest BCUT2D eigenvalue weighted by atomic mass is 35.5. The van der Waals surface area contributed by atoms with E-state index >= 15 is 0 Å². The lowest BCUT2D eigenvalue weighted by Gasteiger charge is -1.98. The Balaban J connectivity index is 2.32. The van der Waals surface area contributed by atoms with Gasteiger partial charge in [0, 0.05) is 6.42 Å². The van der Waals surface area contributed by atoms with Crippen LogP contribution in [0.1, 0.15) is 18.3 Å².